The molecule has 0 aliphatic carbocycles. The summed E-state index contributed by atoms with van der Waals surface area (Å²) in [6.07, 6.45) is -3.12. The zero-order valence-corrected chi connectivity index (χ0v) is 11.3. The molecule has 116 valence electrons. The zero-order valence-electron chi connectivity index (χ0n) is 11.3. The highest BCUT2D eigenvalue weighted by Crippen LogP contribution is 2.21. The van der Waals surface area contributed by atoms with E-state index in [1.54, 1.807) is 12.1 Å². The lowest BCUT2D eigenvalue weighted by Crippen LogP contribution is -2.45. The van der Waals surface area contributed by atoms with Crippen LogP contribution in [-0.2, 0) is 11.3 Å². The molecule has 0 saturated carbocycles. The summed E-state index contributed by atoms with van der Waals surface area (Å²) in [5.74, 6) is -0.952. The van der Waals surface area contributed by atoms with Gasteiger partial charge in [0.05, 0.1) is 6.04 Å². The maximum Gasteiger partial charge on any atom is 0.405 e. The van der Waals surface area contributed by atoms with E-state index >= 15 is 0 Å². The van der Waals surface area contributed by atoms with E-state index in [0.717, 1.165) is 12.0 Å². The quantitative estimate of drug-likeness (QED) is 0.867. The molecule has 0 bridgehead atoms. The average Bonchev–Trinajstić information content (AvgIpc) is 2.86. The van der Waals surface area contributed by atoms with Gasteiger partial charge < -0.3 is 5.32 Å². The number of rotatable bonds is 4. The van der Waals surface area contributed by atoms with Gasteiger partial charge in [-0.2, -0.15) is 13.2 Å². The van der Waals surface area contributed by atoms with Crippen molar-refractivity contribution in [3.63, 3.8) is 0 Å². The van der Waals surface area contributed by atoms with E-state index in [1.165, 1.54) is 12.1 Å². The van der Waals surface area contributed by atoms with Crippen LogP contribution in [0.5, 0.6) is 0 Å². The summed E-state index contributed by atoms with van der Waals surface area (Å²) in [5, 5.41) is 1.92. The molecule has 2 rings (SSSR count). The van der Waals surface area contributed by atoms with Gasteiger partial charge in [0.15, 0.2) is 0 Å². The van der Waals surface area contributed by atoms with Gasteiger partial charge in [-0.15, -0.1) is 0 Å². The minimum absolute atomic E-state index is 0.348. The zero-order chi connectivity index (χ0) is 15.5. The summed E-state index contributed by atoms with van der Waals surface area (Å²) in [6, 6.07) is 5.31. The number of carbonyl (C=O) groups excluding carboxylic acids is 1. The second kappa shape index (κ2) is 6.43. The van der Waals surface area contributed by atoms with Crippen LogP contribution in [0.4, 0.5) is 17.6 Å². The highest BCUT2D eigenvalue weighted by Gasteiger charge is 2.33. The lowest BCUT2D eigenvalue weighted by Gasteiger charge is -2.24. The van der Waals surface area contributed by atoms with Gasteiger partial charge in [0.25, 0.3) is 0 Å². The maximum atomic E-state index is 12.8. The molecule has 1 heterocycles. The van der Waals surface area contributed by atoms with Gasteiger partial charge in [-0.05, 0) is 37.1 Å². The van der Waals surface area contributed by atoms with Crippen LogP contribution in [0.2, 0.25) is 0 Å². The Morgan fingerprint density at radius 3 is 2.57 bits per heavy atom. The first-order chi connectivity index (χ1) is 9.85. The molecule has 1 amide bonds. The van der Waals surface area contributed by atoms with Gasteiger partial charge in [0, 0.05) is 6.54 Å². The first-order valence-electron chi connectivity index (χ1n) is 6.68. The van der Waals surface area contributed by atoms with Crippen molar-refractivity contribution in [3.8, 4) is 0 Å². The predicted octanol–water partition coefficient (Wildman–Crippen LogP) is 2.47. The Morgan fingerprint density at radius 2 is 1.95 bits per heavy atom. The first kappa shape index (κ1) is 15.8. The lowest BCUT2D eigenvalue weighted by atomic mass is 10.1. The fourth-order valence-electron chi connectivity index (χ4n) is 2.44. The molecule has 1 aromatic rings. The number of hydrogen-bond donors (Lipinski definition) is 1. The van der Waals surface area contributed by atoms with Crippen LogP contribution >= 0.6 is 0 Å². The predicted molar refractivity (Wildman–Crippen MR) is 68.9 cm³/mol. The summed E-state index contributed by atoms with van der Waals surface area (Å²) in [7, 11) is 0. The van der Waals surface area contributed by atoms with Crippen LogP contribution in [0.15, 0.2) is 24.3 Å². The lowest BCUT2D eigenvalue weighted by molar-refractivity contribution is -0.141. The molecule has 1 unspecified atom stereocenters. The van der Waals surface area contributed by atoms with E-state index < -0.39 is 24.7 Å². The van der Waals surface area contributed by atoms with Crippen molar-refractivity contribution in [3.05, 3.63) is 35.6 Å². The van der Waals surface area contributed by atoms with Crippen molar-refractivity contribution in [1.29, 1.82) is 0 Å². The molecule has 1 fully saturated rings. The minimum atomic E-state index is -4.41. The molecule has 3 nitrogen and oxygen atoms in total. The molecule has 1 aliphatic heterocycles. The molecule has 0 spiro atoms. The van der Waals surface area contributed by atoms with Crippen LogP contribution in [0.25, 0.3) is 0 Å². The number of halogens is 4. The number of hydrogen-bond acceptors (Lipinski definition) is 2. The second-order valence-corrected chi connectivity index (χ2v) is 5.09. The molecule has 1 aliphatic rings. The van der Waals surface area contributed by atoms with Gasteiger partial charge in [0.1, 0.15) is 12.4 Å². The van der Waals surface area contributed by atoms with Crippen molar-refractivity contribution in [2.45, 2.75) is 31.6 Å². The topological polar surface area (TPSA) is 32.3 Å². The Labute approximate surface area is 119 Å². The Kier molecular flexibility index (Phi) is 4.82. The molecular formula is C14H16F4N2O. The van der Waals surface area contributed by atoms with E-state index in [-0.39, 0.29) is 5.82 Å². The summed E-state index contributed by atoms with van der Waals surface area (Å²) < 4.78 is 49.2. The number of nitrogens with one attached hydrogen (secondary N) is 1. The van der Waals surface area contributed by atoms with Crippen molar-refractivity contribution >= 4 is 5.91 Å². The Morgan fingerprint density at radius 1 is 1.29 bits per heavy atom. The maximum absolute atomic E-state index is 12.8. The van der Waals surface area contributed by atoms with Crippen LogP contribution in [0.3, 0.4) is 0 Å². The van der Waals surface area contributed by atoms with Crippen LogP contribution in [0.1, 0.15) is 18.4 Å². The Bertz CT molecular complexity index is 487. The number of benzene rings is 1. The van der Waals surface area contributed by atoms with E-state index in [2.05, 4.69) is 0 Å². The molecule has 1 aromatic carbocycles. The number of amides is 1. The normalized spacial score (nSPS) is 19.7. The van der Waals surface area contributed by atoms with E-state index in [1.807, 2.05) is 10.2 Å². The van der Waals surface area contributed by atoms with Crippen LogP contribution in [-0.4, -0.2) is 36.1 Å². The van der Waals surface area contributed by atoms with Gasteiger partial charge >= 0.3 is 6.18 Å². The molecule has 0 aromatic heterocycles. The van der Waals surface area contributed by atoms with Gasteiger partial charge in [-0.3, -0.25) is 9.69 Å². The third-order valence-electron chi connectivity index (χ3n) is 3.43. The SMILES string of the molecule is O=C(NCC(F)(F)F)C1CCCN1Cc1ccc(F)cc1. The monoisotopic (exact) mass is 304 g/mol. The fraction of sp³-hybridized carbons (Fsp3) is 0.500. The molecule has 1 atom stereocenters. The smallest absolute Gasteiger partial charge is 0.346 e. The van der Waals surface area contributed by atoms with E-state index in [0.29, 0.717) is 19.5 Å². The highest BCUT2D eigenvalue weighted by atomic mass is 19.4. The molecule has 1 N–H and O–H groups in total. The Balaban J connectivity index is 1.93. The summed E-state index contributed by atoms with van der Waals surface area (Å²) >= 11 is 0. The Hall–Kier alpha value is -1.63. The van der Waals surface area contributed by atoms with Gasteiger partial charge in [-0.25, -0.2) is 4.39 Å². The molecular weight excluding hydrogens is 288 g/mol. The minimum Gasteiger partial charge on any atom is -0.346 e. The van der Waals surface area contributed by atoms with Crippen molar-refractivity contribution in [2.75, 3.05) is 13.1 Å². The van der Waals surface area contributed by atoms with Gasteiger partial charge in [0.2, 0.25) is 5.91 Å². The highest BCUT2D eigenvalue weighted by molar-refractivity contribution is 5.82. The van der Waals surface area contributed by atoms with Crippen LogP contribution in [0, 0.1) is 5.82 Å². The van der Waals surface area contributed by atoms with E-state index in [4.69, 9.17) is 0 Å². The molecule has 21 heavy (non-hydrogen) atoms. The van der Waals surface area contributed by atoms with E-state index in [9.17, 15) is 22.4 Å². The van der Waals surface area contributed by atoms with Gasteiger partial charge in [-0.1, -0.05) is 12.1 Å². The van der Waals surface area contributed by atoms with Crippen molar-refractivity contribution in [1.82, 2.24) is 10.2 Å². The number of alkyl halides is 3. The third-order valence-corrected chi connectivity index (χ3v) is 3.43. The average molecular weight is 304 g/mol. The standard InChI is InChI=1S/C14H16F4N2O/c15-11-5-3-10(4-6-11)8-20-7-1-2-12(20)13(21)19-9-14(16,17)18/h3-6,12H,1-2,7-9H2,(H,19,21). The first-order valence-corrected chi connectivity index (χ1v) is 6.68. The van der Waals surface area contributed by atoms with Crippen LogP contribution < -0.4 is 5.32 Å². The number of nitrogens with zero attached hydrogens (tertiary/aromatic N) is 1. The number of likely N-dealkylation sites (tertiary alicyclic amines) is 1. The van der Waals surface area contributed by atoms with Crippen molar-refractivity contribution in [2.24, 2.45) is 0 Å². The summed E-state index contributed by atoms with van der Waals surface area (Å²) in [6.45, 7) is -0.251. The second-order valence-electron chi connectivity index (χ2n) is 5.09. The fourth-order valence-corrected chi connectivity index (χ4v) is 2.44. The molecule has 7 heteroatoms. The van der Waals surface area contributed by atoms with Crippen molar-refractivity contribution < 1.29 is 22.4 Å². The summed E-state index contributed by atoms with van der Waals surface area (Å²) in [5.41, 5.74) is 0.826. The third kappa shape index (κ3) is 4.70. The molecule has 1 saturated heterocycles. The summed E-state index contributed by atoms with van der Waals surface area (Å²) in [4.78, 5) is 13.7. The largest absolute Gasteiger partial charge is 0.405 e. The molecule has 0 radical (unpaired) electrons. The number of carbonyl (C=O) groups is 1.